The van der Waals surface area contributed by atoms with Gasteiger partial charge in [-0.1, -0.05) is 42.5 Å². The van der Waals surface area contributed by atoms with Crippen LogP contribution in [0.2, 0.25) is 0 Å². The van der Waals surface area contributed by atoms with Crippen molar-refractivity contribution in [3.63, 3.8) is 0 Å². The topological polar surface area (TPSA) is 55.8 Å². The van der Waals surface area contributed by atoms with E-state index in [-0.39, 0.29) is 18.1 Å². The molecule has 2 heterocycles. The van der Waals surface area contributed by atoms with Gasteiger partial charge in [0.15, 0.2) is 0 Å². The zero-order chi connectivity index (χ0) is 20.8. The summed E-state index contributed by atoms with van der Waals surface area (Å²) in [4.78, 5) is 16.1. The molecule has 2 aliphatic heterocycles. The molecule has 0 saturated carbocycles. The number of anilines is 1. The van der Waals surface area contributed by atoms with Gasteiger partial charge < -0.3 is 10.4 Å². The lowest BCUT2D eigenvalue weighted by Gasteiger charge is -2.42. The van der Waals surface area contributed by atoms with Gasteiger partial charge in [0.1, 0.15) is 0 Å². The SMILES string of the molecule is O=C1NCCN1c1ccc(CN2CCC[C@@](CO)(CCCc3ccccc3)C2)cc1. The minimum absolute atomic E-state index is 0.0120. The lowest BCUT2D eigenvalue weighted by atomic mass is 9.76. The highest BCUT2D eigenvalue weighted by Crippen LogP contribution is 2.35. The Morgan fingerprint density at radius 3 is 2.50 bits per heavy atom. The molecule has 0 aromatic heterocycles. The number of urea groups is 1. The molecule has 160 valence electrons. The van der Waals surface area contributed by atoms with E-state index in [9.17, 15) is 9.90 Å². The van der Waals surface area contributed by atoms with E-state index in [2.05, 4.69) is 52.7 Å². The maximum Gasteiger partial charge on any atom is 0.321 e. The van der Waals surface area contributed by atoms with Crippen LogP contribution in [0.1, 0.15) is 36.8 Å². The molecule has 2 N–H and O–H groups in total. The number of hydrogen-bond acceptors (Lipinski definition) is 3. The van der Waals surface area contributed by atoms with Crippen LogP contribution in [0.15, 0.2) is 54.6 Å². The minimum atomic E-state index is -0.0120. The normalized spacial score (nSPS) is 22.3. The Kier molecular flexibility index (Phi) is 6.70. The fourth-order valence-electron chi connectivity index (χ4n) is 4.93. The number of nitrogens with one attached hydrogen (secondary N) is 1. The second-order valence-corrected chi connectivity index (χ2v) is 8.86. The van der Waals surface area contributed by atoms with Crippen LogP contribution in [0.5, 0.6) is 0 Å². The second kappa shape index (κ2) is 9.63. The average Bonchev–Trinajstić information content (AvgIpc) is 3.21. The van der Waals surface area contributed by atoms with E-state index in [0.717, 1.165) is 64.0 Å². The Morgan fingerprint density at radius 2 is 1.80 bits per heavy atom. The highest BCUT2D eigenvalue weighted by atomic mass is 16.3. The minimum Gasteiger partial charge on any atom is -0.396 e. The smallest absolute Gasteiger partial charge is 0.321 e. The summed E-state index contributed by atoms with van der Waals surface area (Å²) in [5.41, 5.74) is 3.61. The molecule has 0 bridgehead atoms. The van der Waals surface area contributed by atoms with E-state index < -0.39 is 0 Å². The molecule has 5 heteroatoms. The molecule has 5 nitrogen and oxygen atoms in total. The Labute approximate surface area is 179 Å². The first-order valence-electron chi connectivity index (χ1n) is 11.2. The standard InChI is InChI=1S/C25H33N3O2/c29-20-25(13-4-8-21-6-2-1-3-7-21)14-5-16-27(19-25)18-22-9-11-23(12-10-22)28-17-15-26-24(28)30/h1-3,6-7,9-12,29H,4-5,8,13-20H2,(H,26,30)/t25-/m0/s1. The number of piperidine rings is 1. The van der Waals surface area contributed by atoms with Crippen molar-refractivity contribution in [2.45, 2.75) is 38.6 Å². The lowest BCUT2D eigenvalue weighted by molar-refractivity contribution is 0.0208. The van der Waals surface area contributed by atoms with E-state index in [4.69, 9.17) is 0 Å². The van der Waals surface area contributed by atoms with Crippen molar-refractivity contribution in [1.82, 2.24) is 10.2 Å². The van der Waals surface area contributed by atoms with Crippen LogP contribution in [0, 0.1) is 5.41 Å². The van der Waals surface area contributed by atoms with Crippen LogP contribution >= 0.6 is 0 Å². The maximum atomic E-state index is 11.8. The van der Waals surface area contributed by atoms with Gasteiger partial charge in [-0.2, -0.15) is 0 Å². The highest BCUT2D eigenvalue weighted by molar-refractivity contribution is 5.93. The van der Waals surface area contributed by atoms with Crippen molar-refractivity contribution >= 4 is 11.7 Å². The first kappa shape index (κ1) is 20.9. The third-order valence-electron chi connectivity index (χ3n) is 6.60. The van der Waals surface area contributed by atoms with Gasteiger partial charge in [-0.3, -0.25) is 9.80 Å². The number of benzene rings is 2. The molecule has 2 fully saturated rings. The Balaban J connectivity index is 1.32. The van der Waals surface area contributed by atoms with Gasteiger partial charge in [0.2, 0.25) is 0 Å². The molecular weight excluding hydrogens is 374 g/mol. The molecule has 0 unspecified atom stereocenters. The summed E-state index contributed by atoms with van der Waals surface area (Å²) in [6.07, 6.45) is 5.51. The van der Waals surface area contributed by atoms with Crippen molar-refractivity contribution < 1.29 is 9.90 Å². The zero-order valence-corrected chi connectivity index (χ0v) is 17.7. The van der Waals surface area contributed by atoms with Crippen molar-refractivity contribution in [2.75, 3.05) is 37.7 Å². The second-order valence-electron chi connectivity index (χ2n) is 8.86. The third kappa shape index (κ3) is 5.02. The Bertz CT molecular complexity index is 824. The Hall–Kier alpha value is -2.37. The number of aliphatic hydroxyl groups is 1. The molecule has 0 aliphatic carbocycles. The first-order valence-corrected chi connectivity index (χ1v) is 11.2. The van der Waals surface area contributed by atoms with Crippen LogP contribution < -0.4 is 10.2 Å². The fourth-order valence-corrected chi connectivity index (χ4v) is 4.93. The molecule has 2 aliphatic rings. The molecule has 2 saturated heterocycles. The number of carbonyl (C=O) groups excluding carboxylic acids is 1. The molecule has 2 aromatic rings. The zero-order valence-electron chi connectivity index (χ0n) is 17.7. The fraction of sp³-hybridized carbons (Fsp3) is 0.480. The summed E-state index contributed by atoms with van der Waals surface area (Å²) < 4.78 is 0. The van der Waals surface area contributed by atoms with Crippen LogP contribution in [-0.4, -0.2) is 48.8 Å². The average molecular weight is 408 g/mol. The Morgan fingerprint density at radius 1 is 1.00 bits per heavy atom. The summed E-state index contributed by atoms with van der Waals surface area (Å²) in [6.45, 7) is 4.63. The number of aliphatic hydroxyl groups excluding tert-OH is 1. The van der Waals surface area contributed by atoms with Crippen molar-refractivity contribution in [3.8, 4) is 0 Å². The van der Waals surface area contributed by atoms with E-state index in [1.807, 2.05) is 12.1 Å². The lowest BCUT2D eigenvalue weighted by Crippen LogP contribution is -2.45. The van der Waals surface area contributed by atoms with Gasteiger partial charge in [-0.15, -0.1) is 0 Å². The van der Waals surface area contributed by atoms with Gasteiger partial charge in [0.25, 0.3) is 0 Å². The summed E-state index contributed by atoms with van der Waals surface area (Å²) >= 11 is 0. The summed E-state index contributed by atoms with van der Waals surface area (Å²) in [5.74, 6) is 0. The first-order chi connectivity index (χ1) is 14.7. The summed E-state index contributed by atoms with van der Waals surface area (Å²) in [6, 6.07) is 19.0. The highest BCUT2D eigenvalue weighted by Gasteiger charge is 2.34. The molecule has 2 aromatic carbocycles. The van der Waals surface area contributed by atoms with Gasteiger partial charge in [-0.25, -0.2) is 4.79 Å². The largest absolute Gasteiger partial charge is 0.396 e. The number of rotatable bonds is 8. The molecule has 2 amide bonds. The van der Waals surface area contributed by atoms with Crippen LogP contribution in [0.25, 0.3) is 0 Å². The van der Waals surface area contributed by atoms with E-state index in [1.165, 1.54) is 11.1 Å². The van der Waals surface area contributed by atoms with Crippen LogP contribution in [-0.2, 0) is 13.0 Å². The molecule has 0 spiro atoms. The predicted molar refractivity (Wildman–Crippen MR) is 121 cm³/mol. The predicted octanol–water partition coefficient (Wildman–Crippen LogP) is 3.81. The molecule has 4 rings (SSSR count). The molecular formula is C25H33N3O2. The number of amides is 2. The quantitative estimate of drug-likeness (QED) is 0.700. The molecule has 0 radical (unpaired) electrons. The van der Waals surface area contributed by atoms with E-state index in [0.29, 0.717) is 6.54 Å². The van der Waals surface area contributed by atoms with E-state index >= 15 is 0 Å². The molecule has 30 heavy (non-hydrogen) atoms. The van der Waals surface area contributed by atoms with Gasteiger partial charge in [-0.05, 0) is 61.9 Å². The maximum absolute atomic E-state index is 11.8. The van der Waals surface area contributed by atoms with E-state index in [1.54, 1.807) is 4.90 Å². The summed E-state index contributed by atoms with van der Waals surface area (Å²) in [7, 11) is 0. The third-order valence-corrected chi connectivity index (χ3v) is 6.60. The number of carbonyl (C=O) groups is 1. The van der Waals surface area contributed by atoms with Crippen molar-refractivity contribution in [3.05, 3.63) is 65.7 Å². The number of nitrogens with zero attached hydrogens (tertiary/aromatic N) is 2. The number of hydrogen-bond donors (Lipinski definition) is 2. The van der Waals surface area contributed by atoms with Gasteiger partial charge >= 0.3 is 6.03 Å². The van der Waals surface area contributed by atoms with Crippen molar-refractivity contribution in [2.24, 2.45) is 5.41 Å². The summed E-state index contributed by atoms with van der Waals surface area (Å²) in [5, 5.41) is 13.1. The van der Waals surface area contributed by atoms with Gasteiger partial charge in [0.05, 0.1) is 0 Å². The number of aryl methyl sites for hydroxylation is 1. The molecule has 1 atom stereocenters. The van der Waals surface area contributed by atoms with Crippen LogP contribution in [0.4, 0.5) is 10.5 Å². The van der Waals surface area contributed by atoms with Crippen LogP contribution in [0.3, 0.4) is 0 Å². The number of likely N-dealkylation sites (tertiary alicyclic amines) is 1. The monoisotopic (exact) mass is 407 g/mol. The van der Waals surface area contributed by atoms with Crippen molar-refractivity contribution in [1.29, 1.82) is 0 Å². The van der Waals surface area contributed by atoms with Gasteiger partial charge in [0, 0.05) is 43.9 Å².